The molecule has 1 saturated heterocycles. The second kappa shape index (κ2) is 9.42. The Bertz CT molecular complexity index is 573. The molecule has 1 amide bonds. The molecule has 6 nitrogen and oxygen atoms in total. The zero-order chi connectivity index (χ0) is 18.2. The van der Waals surface area contributed by atoms with Gasteiger partial charge in [-0.3, -0.25) is 9.59 Å². The molecule has 0 bridgehead atoms. The predicted molar refractivity (Wildman–Crippen MR) is 94.4 cm³/mol. The third-order valence-electron chi connectivity index (χ3n) is 4.81. The first-order valence-electron chi connectivity index (χ1n) is 8.97. The zero-order valence-corrected chi connectivity index (χ0v) is 15.3. The second-order valence-corrected chi connectivity index (χ2v) is 6.49. The molecule has 1 aliphatic rings. The number of hydrogen-bond donors (Lipinski definition) is 2. The summed E-state index contributed by atoms with van der Waals surface area (Å²) >= 11 is 0. The maximum absolute atomic E-state index is 12.5. The van der Waals surface area contributed by atoms with Gasteiger partial charge < -0.3 is 19.7 Å². The van der Waals surface area contributed by atoms with Gasteiger partial charge in [-0.1, -0.05) is 12.1 Å². The third-order valence-corrected chi connectivity index (χ3v) is 4.81. The summed E-state index contributed by atoms with van der Waals surface area (Å²) in [5, 5.41) is 2.99. The summed E-state index contributed by atoms with van der Waals surface area (Å²) in [5.41, 5.74) is 1.03. The first kappa shape index (κ1) is 19.2. The van der Waals surface area contributed by atoms with Crippen molar-refractivity contribution in [3.8, 4) is 5.75 Å². The van der Waals surface area contributed by atoms with Crippen molar-refractivity contribution in [3.63, 3.8) is 0 Å². The summed E-state index contributed by atoms with van der Waals surface area (Å²) in [6, 6.07) is 7.45. The van der Waals surface area contributed by atoms with Gasteiger partial charge in [-0.15, -0.1) is 0 Å². The van der Waals surface area contributed by atoms with E-state index < -0.39 is 0 Å². The summed E-state index contributed by atoms with van der Waals surface area (Å²) in [4.78, 5) is 25.6. The van der Waals surface area contributed by atoms with E-state index in [9.17, 15) is 9.59 Å². The van der Waals surface area contributed by atoms with Crippen LogP contribution >= 0.6 is 0 Å². The molecule has 1 aromatic carbocycles. The number of piperidine rings is 1. The Balaban J connectivity index is 1.84. The average molecular weight is 349 g/mol. The quantitative estimate of drug-likeness (QED) is 0.706. The van der Waals surface area contributed by atoms with Crippen LogP contribution in [0.15, 0.2) is 24.3 Å². The van der Waals surface area contributed by atoms with Gasteiger partial charge in [0.2, 0.25) is 0 Å². The molecule has 0 aromatic heterocycles. The summed E-state index contributed by atoms with van der Waals surface area (Å²) < 4.78 is 10.3. The van der Waals surface area contributed by atoms with Crippen LogP contribution in [0.2, 0.25) is 0 Å². The van der Waals surface area contributed by atoms with Gasteiger partial charge in [0.1, 0.15) is 11.7 Å². The molecule has 0 radical (unpaired) electrons. The second-order valence-electron chi connectivity index (χ2n) is 6.49. The molecule has 0 saturated carbocycles. The highest BCUT2D eigenvalue weighted by atomic mass is 16.5. The van der Waals surface area contributed by atoms with Gasteiger partial charge in [-0.05, 0) is 44.4 Å². The topological polar surface area (TPSA) is 69.1 Å². The summed E-state index contributed by atoms with van der Waals surface area (Å²) in [7, 11) is 1.63. The number of rotatable bonds is 7. The lowest BCUT2D eigenvalue weighted by atomic mass is 9.97. The van der Waals surface area contributed by atoms with Crippen molar-refractivity contribution < 1.29 is 24.0 Å². The van der Waals surface area contributed by atoms with E-state index in [0.717, 1.165) is 35.6 Å². The number of benzene rings is 1. The Kier molecular flexibility index (Phi) is 7.25. The molecule has 0 aliphatic carbocycles. The third kappa shape index (κ3) is 5.46. The van der Waals surface area contributed by atoms with Crippen molar-refractivity contribution >= 4 is 11.9 Å². The molecule has 138 valence electrons. The van der Waals surface area contributed by atoms with Gasteiger partial charge in [0, 0.05) is 6.54 Å². The number of carbonyl (C=O) groups is 2. The van der Waals surface area contributed by atoms with Crippen LogP contribution in [0, 0.1) is 5.92 Å². The zero-order valence-electron chi connectivity index (χ0n) is 15.3. The van der Waals surface area contributed by atoms with Crippen LogP contribution in [0.25, 0.3) is 0 Å². The SMILES string of the molecule is CCOC(=O)[C@H]1CCC[NH+]([C@@H](C)C(=O)NCc2ccc(OC)cc2)C1. The van der Waals surface area contributed by atoms with Gasteiger partial charge in [0.15, 0.2) is 6.04 Å². The lowest BCUT2D eigenvalue weighted by Gasteiger charge is -2.32. The normalized spacial score (nSPS) is 21.2. The molecule has 6 heteroatoms. The van der Waals surface area contributed by atoms with Gasteiger partial charge >= 0.3 is 5.97 Å². The Hall–Kier alpha value is -2.08. The van der Waals surface area contributed by atoms with E-state index in [1.807, 2.05) is 38.1 Å². The first-order valence-corrected chi connectivity index (χ1v) is 8.97. The van der Waals surface area contributed by atoms with Crippen LogP contribution in [-0.2, 0) is 20.9 Å². The molecule has 3 atom stereocenters. The van der Waals surface area contributed by atoms with Crippen molar-refractivity contribution in [1.82, 2.24) is 5.32 Å². The number of esters is 1. The fourth-order valence-electron chi connectivity index (χ4n) is 3.22. The van der Waals surface area contributed by atoms with Crippen molar-refractivity contribution in [2.45, 2.75) is 39.3 Å². The van der Waals surface area contributed by atoms with Crippen molar-refractivity contribution in [2.75, 3.05) is 26.8 Å². The standard InChI is InChI=1S/C19H28N2O4/c1-4-25-19(23)16-6-5-11-21(13-16)14(2)18(22)20-12-15-7-9-17(24-3)10-8-15/h7-10,14,16H,4-6,11-13H2,1-3H3,(H,20,22)/p+1/t14-,16-/m0/s1. The molecular formula is C19H29N2O4+. The molecule has 2 rings (SSSR count). The lowest BCUT2D eigenvalue weighted by Crippen LogP contribution is -3.18. The van der Waals surface area contributed by atoms with Crippen LogP contribution < -0.4 is 15.0 Å². The number of amides is 1. The van der Waals surface area contributed by atoms with Gasteiger partial charge in [0.25, 0.3) is 5.91 Å². The number of likely N-dealkylation sites (tertiary alicyclic amines) is 1. The highest BCUT2D eigenvalue weighted by Gasteiger charge is 2.34. The van der Waals surface area contributed by atoms with E-state index in [4.69, 9.17) is 9.47 Å². The van der Waals surface area contributed by atoms with Crippen LogP contribution in [-0.4, -0.2) is 44.7 Å². The number of methoxy groups -OCH3 is 1. The van der Waals surface area contributed by atoms with E-state index in [-0.39, 0.29) is 23.8 Å². The maximum atomic E-state index is 12.5. The Morgan fingerprint density at radius 1 is 1.32 bits per heavy atom. The Morgan fingerprint density at radius 2 is 2.04 bits per heavy atom. The van der Waals surface area contributed by atoms with E-state index >= 15 is 0 Å². The van der Waals surface area contributed by atoms with E-state index in [0.29, 0.717) is 19.7 Å². The number of carbonyl (C=O) groups excluding carboxylic acids is 2. The molecule has 1 aliphatic heterocycles. The Labute approximate surface area is 149 Å². The van der Waals surface area contributed by atoms with Crippen LogP contribution in [0.4, 0.5) is 0 Å². The number of quaternary nitrogens is 1. The maximum Gasteiger partial charge on any atom is 0.314 e. The van der Waals surface area contributed by atoms with Gasteiger partial charge in [-0.25, -0.2) is 0 Å². The Morgan fingerprint density at radius 3 is 2.68 bits per heavy atom. The predicted octanol–water partition coefficient (Wildman–Crippen LogP) is 0.558. The minimum Gasteiger partial charge on any atom is -0.497 e. The fraction of sp³-hybridized carbons (Fsp3) is 0.579. The van der Waals surface area contributed by atoms with Crippen LogP contribution in [0.3, 0.4) is 0 Å². The molecule has 1 heterocycles. The lowest BCUT2D eigenvalue weighted by molar-refractivity contribution is -0.921. The molecular weight excluding hydrogens is 320 g/mol. The van der Waals surface area contributed by atoms with Crippen molar-refractivity contribution in [3.05, 3.63) is 29.8 Å². The van der Waals surface area contributed by atoms with Gasteiger partial charge in [0.05, 0.1) is 26.8 Å². The molecule has 1 aromatic rings. The number of hydrogen-bond acceptors (Lipinski definition) is 4. The molecule has 1 fully saturated rings. The monoisotopic (exact) mass is 349 g/mol. The molecule has 25 heavy (non-hydrogen) atoms. The van der Waals surface area contributed by atoms with Crippen LogP contribution in [0.1, 0.15) is 32.3 Å². The summed E-state index contributed by atoms with van der Waals surface area (Å²) in [6.07, 6.45) is 1.79. The highest BCUT2D eigenvalue weighted by molar-refractivity contribution is 5.80. The largest absolute Gasteiger partial charge is 0.497 e. The minimum atomic E-state index is -0.185. The van der Waals surface area contributed by atoms with Gasteiger partial charge in [-0.2, -0.15) is 0 Å². The molecule has 0 spiro atoms. The minimum absolute atomic E-state index is 0.00956. The van der Waals surface area contributed by atoms with Crippen molar-refractivity contribution in [1.29, 1.82) is 0 Å². The van der Waals surface area contributed by atoms with Crippen LogP contribution in [0.5, 0.6) is 5.75 Å². The van der Waals surface area contributed by atoms with E-state index in [1.165, 1.54) is 0 Å². The number of nitrogens with one attached hydrogen (secondary N) is 2. The molecule has 1 unspecified atom stereocenters. The average Bonchev–Trinajstić information content (AvgIpc) is 2.66. The fourth-order valence-corrected chi connectivity index (χ4v) is 3.22. The first-order chi connectivity index (χ1) is 12.0. The van der Waals surface area contributed by atoms with E-state index in [1.54, 1.807) is 7.11 Å². The smallest absolute Gasteiger partial charge is 0.314 e. The van der Waals surface area contributed by atoms with Crippen molar-refractivity contribution in [2.24, 2.45) is 5.92 Å². The summed E-state index contributed by atoms with van der Waals surface area (Å²) in [5.74, 6) is 0.576. The number of ether oxygens (including phenoxy) is 2. The summed E-state index contributed by atoms with van der Waals surface area (Å²) in [6.45, 7) is 6.21. The molecule has 2 N–H and O–H groups in total. The van der Waals surface area contributed by atoms with E-state index in [2.05, 4.69) is 5.32 Å². The highest BCUT2D eigenvalue weighted by Crippen LogP contribution is 2.11.